The Bertz CT molecular complexity index is 618. The first-order chi connectivity index (χ1) is 9.25. The fourth-order valence-corrected chi connectivity index (χ4v) is 2.48. The summed E-state index contributed by atoms with van der Waals surface area (Å²) >= 11 is 0. The number of fused-ring (bicyclic) bond motifs is 1. The van der Waals surface area contributed by atoms with Crippen molar-refractivity contribution in [2.75, 3.05) is 5.32 Å². The number of hydrogen-bond acceptors (Lipinski definition) is 2. The maximum Gasteiger partial charge on any atom is 0.103 e. The molecule has 0 aliphatic heterocycles. The van der Waals surface area contributed by atoms with Gasteiger partial charge in [-0.1, -0.05) is 54.6 Å². The highest BCUT2D eigenvalue weighted by atomic mass is 16.3. The first-order valence-corrected chi connectivity index (χ1v) is 6.53. The van der Waals surface area contributed by atoms with Crippen LogP contribution in [-0.4, -0.2) is 11.1 Å². The highest BCUT2D eigenvalue weighted by molar-refractivity contribution is 5.61. The van der Waals surface area contributed by atoms with E-state index in [1.54, 1.807) is 0 Å². The van der Waals surface area contributed by atoms with Gasteiger partial charge in [-0.05, 0) is 29.7 Å². The molecule has 0 unspecified atom stereocenters. The van der Waals surface area contributed by atoms with Crippen LogP contribution in [-0.2, 0) is 0 Å². The van der Waals surface area contributed by atoms with Crippen LogP contribution >= 0.6 is 0 Å². The zero-order chi connectivity index (χ0) is 13.2. The summed E-state index contributed by atoms with van der Waals surface area (Å²) in [7, 11) is 0. The summed E-state index contributed by atoms with van der Waals surface area (Å²) in [4.78, 5) is 0. The molecule has 0 bridgehead atoms. The fraction of sp³-hybridized carbons (Fsp3) is 0.176. The van der Waals surface area contributed by atoms with Gasteiger partial charge in [-0.2, -0.15) is 0 Å². The van der Waals surface area contributed by atoms with Gasteiger partial charge in [0.1, 0.15) is 6.10 Å². The molecule has 0 saturated heterocycles. The van der Waals surface area contributed by atoms with E-state index < -0.39 is 6.10 Å². The van der Waals surface area contributed by atoms with Gasteiger partial charge in [0.15, 0.2) is 0 Å². The van der Waals surface area contributed by atoms with E-state index in [2.05, 4.69) is 24.4 Å². The van der Waals surface area contributed by atoms with Crippen molar-refractivity contribution in [3.8, 4) is 0 Å². The molecule has 0 saturated carbocycles. The molecule has 2 nitrogen and oxygen atoms in total. The molecule has 0 aromatic heterocycles. The predicted octanol–water partition coefficient (Wildman–Crippen LogP) is 3.54. The van der Waals surface area contributed by atoms with Gasteiger partial charge in [0.25, 0.3) is 0 Å². The number of aliphatic hydroxyl groups excluding tert-OH is 1. The van der Waals surface area contributed by atoms with E-state index in [0.29, 0.717) is 0 Å². The number of hydrogen-bond donors (Lipinski definition) is 2. The molecule has 2 aromatic carbocycles. The van der Waals surface area contributed by atoms with Crippen molar-refractivity contribution in [1.29, 1.82) is 0 Å². The lowest BCUT2D eigenvalue weighted by Crippen LogP contribution is -2.28. The van der Waals surface area contributed by atoms with Gasteiger partial charge in [0.2, 0.25) is 0 Å². The van der Waals surface area contributed by atoms with Crippen molar-refractivity contribution in [3.63, 3.8) is 0 Å². The van der Waals surface area contributed by atoms with Gasteiger partial charge in [-0.15, -0.1) is 0 Å². The molecule has 0 amide bonds. The van der Waals surface area contributed by atoms with Crippen molar-refractivity contribution in [3.05, 3.63) is 71.3 Å². The molecule has 0 heterocycles. The van der Waals surface area contributed by atoms with Crippen LogP contribution in [0, 0.1) is 6.92 Å². The van der Waals surface area contributed by atoms with Crippen LogP contribution in [0.1, 0.15) is 22.8 Å². The first kappa shape index (κ1) is 12.0. The average molecular weight is 251 g/mol. The summed E-state index contributed by atoms with van der Waals surface area (Å²) < 4.78 is 0. The molecule has 2 N–H and O–H groups in total. The third-order valence-corrected chi connectivity index (χ3v) is 3.61. The van der Waals surface area contributed by atoms with Gasteiger partial charge in [-0.3, -0.25) is 0 Å². The Morgan fingerprint density at radius 1 is 1.00 bits per heavy atom. The van der Waals surface area contributed by atoms with Crippen molar-refractivity contribution < 1.29 is 5.11 Å². The van der Waals surface area contributed by atoms with Gasteiger partial charge in [0, 0.05) is 5.69 Å². The van der Waals surface area contributed by atoms with Gasteiger partial charge < -0.3 is 10.4 Å². The quantitative estimate of drug-likeness (QED) is 0.855. The summed E-state index contributed by atoms with van der Waals surface area (Å²) in [5, 5.41) is 13.9. The topological polar surface area (TPSA) is 32.3 Å². The summed E-state index contributed by atoms with van der Waals surface area (Å²) in [6, 6.07) is 16.0. The zero-order valence-electron chi connectivity index (χ0n) is 10.9. The monoisotopic (exact) mass is 251 g/mol. The molecular formula is C17H17NO. The van der Waals surface area contributed by atoms with Gasteiger partial charge in [0.05, 0.1) is 6.04 Å². The van der Waals surface area contributed by atoms with E-state index in [4.69, 9.17) is 0 Å². The normalized spacial score (nSPS) is 20.9. The lowest BCUT2D eigenvalue weighted by molar-refractivity contribution is 0.168. The van der Waals surface area contributed by atoms with Crippen LogP contribution in [0.25, 0.3) is 6.08 Å². The minimum Gasteiger partial charge on any atom is -0.386 e. The van der Waals surface area contributed by atoms with Crippen molar-refractivity contribution >= 4 is 11.8 Å². The second kappa shape index (κ2) is 4.90. The number of benzene rings is 2. The molecule has 19 heavy (non-hydrogen) atoms. The van der Waals surface area contributed by atoms with E-state index in [-0.39, 0.29) is 6.04 Å². The molecule has 3 rings (SSSR count). The minimum absolute atomic E-state index is 0.0870. The SMILES string of the molecule is Cc1ccccc1N[C@@H]1C=Cc2ccccc2[C@H]1O. The highest BCUT2D eigenvalue weighted by Crippen LogP contribution is 2.30. The van der Waals surface area contributed by atoms with Crippen LogP contribution in [0.3, 0.4) is 0 Å². The summed E-state index contributed by atoms with van der Waals surface area (Å²) in [6.07, 6.45) is 3.58. The molecule has 96 valence electrons. The second-order valence-corrected chi connectivity index (χ2v) is 4.92. The Hall–Kier alpha value is -2.06. The van der Waals surface area contributed by atoms with Crippen molar-refractivity contribution in [2.45, 2.75) is 19.1 Å². The van der Waals surface area contributed by atoms with E-state index in [9.17, 15) is 5.11 Å². The molecular weight excluding hydrogens is 234 g/mol. The van der Waals surface area contributed by atoms with Gasteiger partial charge in [-0.25, -0.2) is 0 Å². The van der Waals surface area contributed by atoms with Crippen LogP contribution in [0.5, 0.6) is 0 Å². The van der Waals surface area contributed by atoms with E-state index in [1.807, 2.05) is 48.5 Å². The summed E-state index contributed by atoms with van der Waals surface area (Å²) in [5.41, 5.74) is 4.33. The van der Waals surface area contributed by atoms with Crippen molar-refractivity contribution in [2.24, 2.45) is 0 Å². The molecule has 2 heteroatoms. The minimum atomic E-state index is -0.513. The summed E-state index contributed by atoms with van der Waals surface area (Å²) in [6.45, 7) is 2.06. The largest absolute Gasteiger partial charge is 0.386 e. The third kappa shape index (κ3) is 2.27. The van der Waals surface area contributed by atoms with Crippen LogP contribution in [0.4, 0.5) is 5.69 Å². The third-order valence-electron chi connectivity index (χ3n) is 3.61. The van der Waals surface area contributed by atoms with E-state index >= 15 is 0 Å². The fourth-order valence-electron chi connectivity index (χ4n) is 2.48. The Balaban J connectivity index is 1.87. The molecule has 2 atom stereocenters. The summed E-state index contributed by atoms with van der Waals surface area (Å²) in [5.74, 6) is 0. The number of para-hydroxylation sites is 1. The van der Waals surface area contributed by atoms with Crippen LogP contribution < -0.4 is 5.32 Å². The molecule has 1 aliphatic rings. The molecule has 1 aliphatic carbocycles. The van der Waals surface area contributed by atoms with E-state index in [0.717, 1.165) is 16.8 Å². The van der Waals surface area contributed by atoms with E-state index in [1.165, 1.54) is 5.56 Å². The maximum atomic E-state index is 10.5. The Kier molecular flexibility index (Phi) is 3.10. The van der Waals surface area contributed by atoms with Crippen LogP contribution in [0.15, 0.2) is 54.6 Å². The Morgan fingerprint density at radius 2 is 1.74 bits per heavy atom. The van der Waals surface area contributed by atoms with Gasteiger partial charge >= 0.3 is 0 Å². The zero-order valence-corrected chi connectivity index (χ0v) is 10.9. The van der Waals surface area contributed by atoms with Crippen molar-refractivity contribution in [1.82, 2.24) is 0 Å². The number of anilines is 1. The first-order valence-electron chi connectivity index (χ1n) is 6.53. The Morgan fingerprint density at radius 3 is 2.58 bits per heavy atom. The Labute approximate surface area is 113 Å². The smallest absolute Gasteiger partial charge is 0.103 e. The molecule has 0 spiro atoms. The maximum absolute atomic E-state index is 10.5. The second-order valence-electron chi connectivity index (χ2n) is 4.92. The lowest BCUT2D eigenvalue weighted by Gasteiger charge is -2.27. The molecule has 2 aromatic rings. The number of rotatable bonds is 2. The number of aryl methyl sites for hydroxylation is 1. The lowest BCUT2D eigenvalue weighted by atomic mass is 9.91. The number of nitrogens with one attached hydrogen (secondary N) is 1. The van der Waals surface area contributed by atoms with Crippen LogP contribution in [0.2, 0.25) is 0 Å². The average Bonchev–Trinajstić information content (AvgIpc) is 2.44. The number of aliphatic hydroxyl groups is 1. The highest BCUT2D eigenvalue weighted by Gasteiger charge is 2.23. The predicted molar refractivity (Wildman–Crippen MR) is 79.0 cm³/mol. The standard InChI is InChI=1S/C17H17NO/c1-12-6-2-5-9-15(12)18-16-11-10-13-7-3-4-8-14(13)17(16)19/h2-11,16-19H,1H3/t16-,17-/m1/s1. The molecule has 0 fully saturated rings. The molecule has 0 radical (unpaired) electrons.